The lowest BCUT2D eigenvalue weighted by atomic mass is 10.2. The summed E-state index contributed by atoms with van der Waals surface area (Å²) in [4.78, 5) is 21.4. The number of rotatable bonds is 3. The lowest BCUT2D eigenvalue weighted by Crippen LogP contribution is -2.18. The van der Waals surface area contributed by atoms with Gasteiger partial charge in [-0.25, -0.2) is 14.8 Å². The molecule has 2 aromatic carbocycles. The van der Waals surface area contributed by atoms with E-state index < -0.39 is 0 Å². The van der Waals surface area contributed by atoms with Gasteiger partial charge in [0.15, 0.2) is 11.4 Å². The molecule has 0 spiro atoms. The fraction of sp³-hybridized carbons (Fsp3) is 0.0909. The molecule has 0 unspecified atom stereocenters. The molecule has 0 fully saturated rings. The van der Waals surface area contributed by atoms with Crippen molar-refractivity contribution in [3.05, 3.63) is 72.3 Å². The first-order valence-electron chi connectivity index (χ1n) is 9.74. The predicted octanol–water partition coefficient (Wildman–Crippen LogP) is 4.05. The summed E-state index contributed by atoms with van der Waals surface area (Å²) in [5, 5.41) is 11.6. The van der Waals surface area contributed by atoms with Crippen LogP contribution >= 0.6 is 0 Å². The third kappa shape index (κ3) is 2.99. The van der Waals surface area contributed by atoms with Gasteiger partial charge < -0.3 is 14.6 Å². The zero-order valence-electron chi connectivity index (χ0n) is 16.2. The van der Waals surface area contributed by atoms with Crippen LogP contribution in [0.15, 0.2) is 65.6 Å². The van der Waals surface area contributed by atoms with Crippen molar-refractivity contribution in [2.45, 2.75) is 13.1 Å². The van der Waals surface area contributed by atoms with Gasteiger partial charge in [-0.3, -0.25) is 9.88 Å². The van der Waals surface area contributed by atoms with E-state index in [0.29, 0.717) is 36.1 Å². The maximum absolute atomic E-state index is 12.8. The van der Waals surface area contributed by atoms with Crippen molar-refractivity contribution in [2.24, 2.45) is 0 Å². The number of ether oxygens (including phenoxy) is 1. The van der Waals surface area contributed by atoms with Crippen molar-refractivity contribution < 1.29 is 14.1 Å². The Morgan fingerprint density at radius 2 is 2.06 bits per heavy atom. The van der Waals surface area contributed by atoms with E-state index in [2.05, 4.69) is 25.8 Å². The van der Waals surface area contributed by atoms with Crippen LogP contribution in [0.2, 0.25) is 0 Å². The maximum atomic E-state index is 12.8. The molecule has 0 aliphatic carbocycles. The molecule has 9 nitrogen and oxygen atoms in total. The average Bonchev–Trinajstić information content (AvgIpc) is 3.52. The molecular formula is C22H16N6O3. The van der Waals surface area contributed by atoms with Crippen molar-refractivity contribution in [3.63, 3.8) is 0 Å². The SMILES string of the molecule is O=C(Nc1noc2ccccc12)n1ccc2cc(Oc3ncnc4c3CNC4)ccc21. The second-order valence-corrected chi connectivity index (χ2v) is 7.17. The summed E-state index contributed by atoms with van der Waals surface area (Å²) in [7, 11) is 0. The molecule has 0 saturated heterocycles. The highest BCUT2D eigenvalue weighted by Gasteiger charge is 2.19. The molecule has 9 heteroatoms. The van der Waals surface area contributed by atoms with E-state index in [4.69, 9.17) is 9.26 Å². The minimum atomic E-state index is -0.331. The number of benzene rings is 2. The van der Waals surface area contributed by atoms with E-state index in [0.717, 1.165) is 27.5 Å². The van der Waals surface area contributed by atoms with Gasteiger partial charge in [-0.15, -0.1) is 0 Å². The van der Waals surface area contributed by atoms with Crippen LogP contribution < -0.4 is 15.4 Å². The molecule has 0 saturated carbocycles. The van der Waals surface area contributed by atoms with Gasteiger partial charge in [0.2, 0.25) is 5.88 Å². The van der Waals surface area contributed by atoms with Crippen LogP contribution in [0.3, 0.4) is 0 Å². The van der Waals surface area contributed by atoms with Gasteiger partial charge in [-0.2, -0.15) is 0 Å². The average molecular weight is 412 g/mol. The zero-order chi connectivity index (χ0) is 20.8. The summed E-state index contributed by atoms with van der Waals surface area (Å²) >= 11 is 0. The van der Waals surface area contributed by atoms with Gasteiger partial charge in [0.05, 0.1) is 22.2 Å². The molecule has 0 radical (unpaired) electrons. The number of anilines is 1. The van der Waals surface area contributed by atoms with Crippen molar-refractivity contribution in [1.82, 2.24) is 25.0 Å². The topological polar surface area (TPSA) is 107 Å². The van der Waals surface area contributed by atoms with Gasteiger partial charge >= 0.3 is 6.03 Å². The molecule has 0 bridgehead atoms. The quantitative estimate of drug-likeness (QED) is 0.460. The van der Waals surface area contributed by atoms with Gasteiger partial charge in [-0.1, -0.05) is 17.3 Å². The van der Waals surface area contributed by atoms with Crippen LogP contribution in [0.25, 0.3) is 21.9 Å². The summed E-state index contributed by atoms with van der Waals surface area (Å²) in [5.41, 5.74) is 3.28. The lowest BCUT2D eigenvalue weighted by Gasteiger charge is -2.09. The van der Waals surface area contributed by atoms with E-state index in [-0.39, 0.29) is 6.03 Å². The van der Waals surface area contributed by atoms with Crippen LogP contribution in [0.5, 0.6) is 11.6 Å². The van der Waals surface area contributed by atoms with Crippen molar-refractivity contribution in [1.29, 1.82) is 0 Å². The van der Waals surface area contributed by atoms with Crippen LogP contribution in [-0.2, 0) is 13.1 Å². The Bertz CT molecular complexity index is 1450. The largest absolute Gasteiger partial charge is 0.439 e. The number of aromatic nitrogens is 4. The van der Waals surface area contributed by atoms with E-state index >= 15 is 0 Å². The van der Waals surface area contributed by atoms with Crippen molar-refractivity contribution in [2.75, 3.05) is 5.32 Å². The standard InChI is InChI=1S/C22H16N6O3/c29-22(26-20-15-3-1-2-4-19(15)31-27-20)28-8-7-13-9-14(5-6-18(13)28)30-21-16-10-23-11-17(16)24-12-25-21/h1-9,12,23H,10-11H2,(H,26,27,29). The first-order valence-corrected chi connectivity index (χ1v) is 9.74. The second-order valence-electron chi connectivity index (χ2n) is 7.17. The summed E-state index contributed by atoms with van der Waals surface area (Å²) in [5.74, 6) is 1.57. The molecule has 3 aromatic heterocycles. The van der Waals surface area contributed by atoms with Crippen molar-refractivity contribution in [3.8, 4) is 11.6 Å². The summed E-state index contributed by atoms with van der Waals surface area (Å²) in [6, 6.07) is 14.4. The van der Waals surface area contributed by atoms with Gasteiger partial charge in [-0.05, 0) is 36.4 Å². The van der Waals surface area contributed by atoms with E-state index in [1.54, 1.807) is 12.3 Å². The molecule has 31 heavy (non-hydrogen) atoms. The van der Waals surface area contributed by atoms with Gasteiger partial charge in [0, 0.05) is 24.7 Å². The smallest absolute Gasteiger partial charge is 0.331 e. The first kappa shape index (κ1) is 17.6. The van der Waals surface area contributed by atoms with E-state index in [9.17, 15) is 4.79 Å². The van der Waals surface area contributed by atoms with Crippen LogP contribution in [0.4, 0.5) is 10.6 Å². The highest BCUT2D eigenvalue weighted by atomic mass is 16.5. The predicted molar refractivity (Wildman–Crippen MR) is 113 cm³/mol. The number of hydrogen-bond acceptors (Lipinski definition) is 7. The summed E-state index contributed by atoms with van der Waals surface area (Å²) in [6.07, 6.45) is 3.21. The molecule has 1 aliphatic rings. The minimum Gasteiger partial charge on any atom is -0.439 e. The van der Waals surface area contributed by atoms with Gasteiger partial charge in [0.25, 0.3) is 0 Å². The number of fused-ring (bicyclic) bond motifs is 3. The molecule has 4 heterocycles. The maximum Gasteiger partial charge on any atom is 0.331 e. The number of hydrogen-bond donors (Lipinski definition) is 2. The molecule has 6 rings (SSSR count). The highest BCUT2D eigenvalue weighted by molar-refractivity contribution is 6.02. The lowest BCUT2D eigenvalue weighted by molar-refractivity contribution is 0.254. The molecule has 5 aromatic rings. The molecular weight excluding hydrogens is 396 g/mol. The number of amides is 1. The van der Waals surface area contributed by atoms with E-state index in [1.165, 1.54) is 10.9 Å². The second kappa shape index (κ2) is 6.92. The Morgan fingerprint density at radius 3 is 3.03 bits per heavy atom. The third-order valence-corrected chi connectivity index (χ3v) is 5.29. The minimum absolute atomic E-state index is 0.331. The number of nitrogens with zero attached hydrogens (tertiary/aromatic N) is 4. The third-order valence-electron chi connectivity index (χ3n) is 5.29. The summed E-state index contributed by atoms with van der Waals surface area (Å²) < 4.78 is 12.8. The Kier molecular flexibility index (Phi) is 3.93. The fourth-order valence-corrected chi connectivity index (χ4v) is 3.76. The normalized spacial score (nSPS) is 12.9. The Hall–Kier alpha value is -4.24. The highest BCUT2D eigenvalue weighted by Crippen LogP contribution is 2.30. The van der Waals surface area contributed by atoms with Crippen LogP contribution in [0, 0.1) is 0 Å². The summed E-state index contributed by atoms with van der Waals surface area (Å²) in [6.45, 7) is 1.40. The molecule has 0 atom stereocenters. The molecule has 1 amide bonds. The van der Waals surface area contributed by atoms with Crippen LogP contribution in [0.1, 0.15) is 11.3 Å². The van der Waals surface area contributed by atoms with Gasteiger partial charge in [0.1, 0.15) is 12.1 Å². The van der Waals surface area contributed by atoms with E-state index in [1.807, 2.05) is 42.5 Å². The van der Waals surface area contributed by atoms with Crippen molar-refractivity contribution >= 4 is 33.7 Å². The number of carbonyl (C=O) groups is 1. The first-order chi connectivity index (χ1) is 15.3. The Balaban J connectivity index is 1.28. The number of carbonyl (C=O) groups excluding carboxylic acids is 1. The molecule has 152 valence electrons. The number of para-hydroxylation sites is 1. The number of nitrogens with one attached hydrogen (secondary N) is 2. The molecule has 1 aliphatic heterocycles. The molecule has 2 N–H and O–H groups in total. The Morgan fingerprint density at radius 1 is 1.13 bits per heavy atom. The zero-order valence-corrected chi connectivity index (χ0v) is 16.2. The Labute approximate surface area is 175 Å². The fourth-order valence-electron chi connectivity index (χ4n) is 3.76. The van der Waals surface area contributed by atoms with Crippen LogP contribution in [-0.4, -0.2) is 25.7 Å². The monoisotopic (exact) mass is 412 g/mol.